The largest absolute Gasteiger partial charge is 0.356 e. The van der Waals surface area contributed by atoms with Crippen molar-refractivity contribution in [3.8, 4) is 0 Å². The van der Waals surface area contributed by atoms with E-state index in [2.05, 4.69) is 10.6 Å². The third-order valence-electron chi connectivity index (χ3n) is 2.77. The van der Waals surface area contributed by atoms with Gasteiger partial charge in [-0.25, -0.2) is 8.42 Å². The van der Waals surface area contributed by atoms with Crippen molar-refractivity contribution in [2.45, 2.75) is 32.2 Å². The molecule has 0 aromatic carbocycles. The lowest BCUT2D eigenvalue weighted by molar-refractivity contribution is -0.121. The molecule has 0 aromatic heterocycles. The van der Waals surface area contributed by atoms with E-state index >= 15 is 0 Å². The molecule has 1 atom stereocenters. The van der Waals surface area contributed by atoms with Crippen molar-refractivity contribution in [2.75, 3.05) is 24.6 Å². The normalized spacial score (nSPS) is 22.6. The van der Waals surface area contributed by atoms with Crippen LogP contribution in [-0.2, 0) is 14.6 Å². The lowest BCUT2D eigenvalue weighted by Crippen LogP contribution is -2.35. The summed E-state index contributed by atoms with van der Waals surface area (Å²) in [5.41, 5.74) is 0. The summed E-state index contributed by atoms with van der Waals surface area (Å²) in [6.45, 7) is 2.81. The van der Waals surface area contributed by atoms with Crippen molar-refractivity contribution in [3.63, 3.8) is 0 Å². The van der Waals surface area contributed by atoms with E-state index in [0.717, 1.165) is 19.4 Å². The van der Waals surface area contributed by atoms with E-state index < -0.39 is 9.84 Å². The third-order valence-corrected chi connectivity index (χ3v) is 4.48. The first-order chi connectivity index (χ1) is 7.53. The number of amides is 1. The molecule has 1 amide bonds. The molecule has 0 spiro atoms. The van der Waals surface area contributed by atoms with Crippen LogP contribution in [0.5, 0.6) is 0 Å². The predicted octanol–water partition coefficient (Wildman–Crippen LogP) is -0.321. The summed E-state index contributed by atoms with van der Waals surface area (Å²) >= 11 is 0. The molecule has 1 saturated heterocycles. The summed E-state index contributed by atoms with van der Waals surface area (Å²) in [7, 11) is -2.91. The molecule has 0 saturated carbocycles. The van der Waals surface area contributed by atoms with E-state index in [0.29, 0.717) is 13.0 Å². The fourth-order valence-corrected chi connectivity index (χ4v) is 2.43. The van der Waals surface area contributed by atoms with Gasteiger partial charge in [0.1, 0.15) is 0 Å². The van der Waals surface area contributed by atoms with Gasteiger partial charge >= 0.3 is 0 Å². The third kappa shape index (κ3) is 4.94. The van der Waals surface area contributed by atoms with Gasteiger partial charge in [0.2, 0.25) is 5.91 Å². The molecule has 1 aliphatic heterocycles. The average molecular weight is 248 g/mol. The summed E-state index contributed by atoms with van der Waals surface area (Å²) < 4.78 is 22.5. The van der Waals surface area contributed by atoms with Crippen LogP contribution in [0.1, 0.15) is 26.2 Å². The summed E-state index contributed by atoms with van der Waals surface area (Å²) in [4.78, 5) is 11.2. The van der Waals surface area contributed by atoms with Gasteiger partial charge in [0, 0.05) is 31.3 Å². The molecule has 1 rings (SSSR count). The maximum Gasteiger partial charge on any atom is 0.221 e. The summed E-state index contributed by atoms with van der Waals surface area (Å²) in [6.07, 6.45) is 2.32. The van der Waals surface area contributed by atoms with E-state index in [4.69, 9.17) is 0 Å². The van der Waals surface area contributed by atoms with Gasteiger partial charge in [0.05, 0.1) is 5.75 Å². The number of carbonyl (C=O) groups excluding carboxylic acids is 1. The lowest BCUT2D eigenvalue weighted by Gasteiger charge is -2.14. The van der Waals surface area contributed by atoms with Gasteiger partial charge in [0.15, 0.2) is 9.84 Å². The molecule has 5 nitrogen and oxygen atoms in total. The molecule has 2 N–H and O–H groups in total. The van der Waals surface area contributed by atoms with Gasteiger partial charge in [-0.05, 0) is 12.8 Å². The van der Waals surface area contributed by atoms with Gasteiger partial charge in [-0.3, -0.25) is 4.79 Å². The monoisotopic (exact) mass is 248 g/mol. The molecular formula is C10H20N2O3S. The van der Waals surface area contributed by atoms with Crippen molar-refractivity contribution in [3.05, 3.63) is 0 Å². The standard InChI is InChI=1S/C10H20N2O3S/c1-2-16(14,15)7-6-11-9-4-3-5-12-10(13)8-9/h9,11H,2-8H2,1H3,(H,12,13). The molecule has 94 valence electrons. The number of rotatable bonds is 5. The van der Waals surface area contributed by atoms with Gasteiger partial charge in [0.25, 0.3) is 0 Å². The Morgan fingerprint density at radius 2 is 2.25 bits per heavy atom. The number of hydrogen-bond acceptors (Lipinski definition) is 4. The minimum Gasteiger partial charge on any atom is -0.356 e. The second kappa shape index (κ2) is 6.20. The number of sulfone groups is 1. The quantitative estimate of drug-likeness (QED) is 0.699. The highest BCUT2D eigenvalue weighted by Gasteiger charge is 2.17. The molecule has 16 heavy (non-hydrogen) atoms. The Hall–Kier alpha value is -0.620. The van der Waals surface area contributed by atoms with E-state index in [1.807, 2.05) is 0 Å². The topological polar surface area (TPSA) is 75.3 Å². The highest BCUT2D eigenvalue weighted by molar-refractivity contribution is 7.91. The smallest absolute Gasteiger partial charge is 0.221 e. The van der Waals surface area contributed by atoms with E-state index in [1.54, 1.807) is 6.92 Å². The highest BCUT2D eigenvalue weighted by atomic mass is 32.2. The molecule has 1 aliphatic rings. The second-order valence-electron chi connectivity index (χ2n) is 4.08. The van der Waals surface area contributed by atoms with Gasteiger partial charge < -0.3 is 10.6 Å². The van der Waals surface area contributed by atoms with E-state index in [1.165, 1.54) is 0 Å². The van der Waals surface area contributed by atoms with Crippen LogP contribution in [0.2, 0.25) is 0 Å². The first-order valence-corrected chi connectivity index (χ1v) is 7.56. The zero-order chi connectivity index (χ0) is 12.0. The van der Waals surface area contributed by atoms with Crippen molar-refractivity contribution >= 4 is 15.7 Å². The van der Waals surface area contributed by atoms with Crippen LogP contribution in [-0.4, -0.2) is 45.0 Å². The maximum atomic E-state index is 11.3. The lowest BCUT2D eigenvalue weighted by atomic mass is 10.1. The SMILES string of the molecule is CCS(=O)(=O)CCNC1CCCNC(=O)C1. The zero-order valence-electron chi connectivity index (χ0n) is 9.66. The molecule has 1 fully saturated rings. The molecule has 6 heteroatoms. The molecular weight excluding hydrogens is 228 g/mol. The summed E-state index contributed by atoms with van der Waals surface area (Å²) in [5, 5.41) is 5.94. The molecule has 1 heterocycles. The minimum absolute atomic E-state index is 0.0494. The van der Waals surface area contributed by atoms with Crippen LogP contribution in [0.25, 0.3) is 0 Å². The Labute approximate surface area is 96.9 Å². The second-order valence-corrected chi connectivity index (χ2v) is 6.56. The van der Waals surface area contributed by atoms with E-state index in [9.17, 15) is 13.2 Å². The van der Waals surface area contributed by atoms with Gasteiger partial charge in [-0.1, -0.05) is 6.92 Å². The van der Waals surface area contributed by atoms with Crippen LogP contribution in [0.4, 0.5) is 0 Å². The van der Waals surface area contributed by atoms with Crippen LogP contribution >= 0.6 is 0 Å². The molecule has 0 aliphatic carbocycles. The molecule has 0 aromatic rings. The van der Waals surface area contributed by atoms with Crippen LogP contribution in [0, 0.1) is 0 Å². The fraction of sp³-hybridized carbons (Fsp3) is 0.900. The summed E-state index contributed by atoms with van der Waals surface area (Å²) in [5.74, 6) is 0.384. The van der Waals surface area contributed by atoms with Gasteiger partial charge in [-0.2, -0.15) is 0 Å². The predicted molar refractivity (Wildman–Crippen MR) is 63.0 cm³/mol. The fourth-order valence-electron chi connectivity index (χ4n) is 1.71. The maximum absolute atomic E-state index is 11.3. The minimum atomic E-state index is -2.91. The first kappa shape index (κ1) is 13.4. The Morgan fingerprint density at radius 3 is 2.94 bits per heavy atom. The molecule has 0 radical (unpaired) electrons. The van der Waals surface area contributed by atoms with Crippen molar-refractivity contribution in [2.24, 2.45) is 0 Å². The van der Waals surface area contributed by atoms with Crippen molar-refractivity contribution in [1.29, 1.82) is 0 Å². The van der Waals surface area contributed by atoms with E-state index in [-0.39, 0.29) is 23.5 Å². The van der Waals surface area contributed by atoms with Gasteiger partial charge in [-0.15, -0.1) is 0 Å². The summed E-state index contributed by atoms with van der Waals surface area (Å²) in [6, 6.07) is 0.120. The zero-order valence-corrected chi connectivity index (χ0v) is 10.5. The average Bonchev–Trinajstić information content (AvgIpc) is 2.43. The van der Waals surface area contributed by atoms with Crippen LogP contribution < -0.4 is 10.6 Å². The molecule has 0 bridgehead atoms. The number of carbonyl (C=O) groups is 1. The first-order valence-electron chi connectivity index (χ1n) is 5.74. The highest BCUT2D eigenvalue weighted by Crippen LogP contribution is 2.05. The van der Waals surface area contributed by atoms with Crippen LogP contribution in [0.3, 0.4) is 0 Å². The van der Waals surface area contributed by atoms with Crippen molar-refractivity contribution in [1.82, 2.24) is 10.6 Å². The van der Waals surface area contributed by atoms with Crippen molar-refractivity contribution < 1.29 is 13.2 Å². The van der Waals surface area contributed by atoms with Crippen LogP contribution in [0.15, 0.2) is 0 Å². The Bertz CT molecular complexity index is 327. The Kier molecular flexibility index (Phi) is 5.21. The Balaban J connectivity index is 2.29. The number of hydrogen-bond donors (Lipinski definition) is 2. The Morgan fingerprint density at radius 1 is 1.50 bits per heavy atom. The molecule has 1 unspecified atom stereocenters. The number of nitrogens with one attached hydrogen (secondary N) is 2.